The van der Waals surface area contributed by atoms with Gasteiger partial charge in [0.1, 0.15) is 0 Å². The van der Waals surface area contributed by atoms with Crippen LogP contribution < -0.4 is 0 Å². The van der Waals surface area contributed by atoms with Gasteiger partial charge >= 0.3 is 0 Å². The predicted molar refractivity (Wildman–Crippen MR) is 36.4 cm³/mol. The van der Waals surface area contributed by atoms with Crippen molar-refractivity contribution in [3.8, 4) is 0 Å². The van der Waals surface area contributed by atoms with E-state index in [-0.39, 0.29) is 0 Å². The lowest BCUT2D eigenvalue weighted by atomic mass is 10.1. The van der Waals surface area contributed by atoms with Crippen LogP contribution in [0.1, 0.15) is 13.3 Å². The Morgan fingerprint density at radius 1 is 1.62 bits per heavy atom. The summed E-state index contributed by atoms with van der Waals surface area (Å²) in [5.41, 5.74) is 0. The van der Waals surface area contributed by atoms with Crippen LogP contribution in [0.2, 0.25) is 0 Å². The van der Waals surface area contributed by atoms with E-state index in [1.807, 2.05) is 0 Å². The van der Waals surface area contributed by atoms with E-state index in [2.05, 4.69) is 6.92 Å². The fourth-order valence-corrected chi connectivity index (χ4v) is 0.927. The van der Waals surface area contributed by atoms with Crippen LogP contribution >= 0.6 is 11.6 Å². The topological polar surface area (TPSA) is 9.23 Å². The summed E-state index contributed by atoms with van der Waals surface area (Å²) in [6, 6.07) is 0. The summed E-state index contributed by atoms with van der Waals surface area (Å²) in [7, 11) is 1.71. The molecule has 1 nitrogen and oxygen atoms in total. The molecular formula is C6H13ClO. The molecule has 0 N–H and O–H groups in total. The van der Waals surface area contributed by atoms with Crippen LogP contribution in [0.25, 0.3) is 0 Å². The first kappa shape index (κ1) is 8.25. The summed E-state index contributed by atoms with van der Waals surface area (Å²) in [5.74, 6) is 1.35. The highest BCUT2D eigenvalue weighted by Crippen LogP contribution is 2.01. The van der Waals surface area contributed by atoms with Crippen LogP contribution in [0, 0.1) is 5.92 Å². The number of ether oxygens (including phenoxy) is 1. The van der Waals surface area contributed by atoms with Gasteiger partial charge in [0, 0.05) is 19.6 Å². The molecule has 0 aliphatic rings. The highest BCUT2D eigenvalue weighted by Gasteiger charge is 1.97. The molecule has 50 valence electrons. The van der Waals surface area contributed by atoms with Crippen molar-refractivity contribution in [2.75, 3.05) is 19.6 Å². The molecule has 0 heterocycles. The number of alkyl halides is 1. The zero-order chi connectivity index (χ0) is 6.41. The van der Waals surface area contributed by atoms with Crippen molar-refractivity contribution in [1.29, 1.82) is 0 Å². The molecule has 0 aliphatic heterocycles. The van der Waals surface area contributed by atoms with Gasteiger partial charge in [-0.15, -0.1) is 11.6 Å². The predicted octanol–water partition coefficient (Wildman–Crippen LogP) is 1.90. The van der Waals surface area contributed by atoms with Gasteiger partial charge in [0.25, 0.3) is 0 Å². The molecule has 8 heavy (non-hydrogen) atoms. The number of hydrogen-bond acceptors (Lipinski definition) is 1. The molecule has 0 aromatic rings. The third kappa shape index (κ3) is 4.41. The van der Waals surface area contributed by atoms with Crippen molar-refractivity contribution in [2.45, 2.75) is 13.3 Å². The number of hydrogen-bond donors (Lipinski definition) is 0. The monoisotopic (exact) mass is 136 g/mol. The van der Waals surface area contributed by atoms with Gasteiger partial charge in [-0.1, -0.05) is 6.92 Å². The second-order valence-corrected chi connectivity index (χ2v) is 2.42. The Morgan fingerprint density at radius 3 is 2.62 bits per heavy atom. The van der Waals surface area contributed by atoms with Gasteiger partial charge in [-0.05, 0) is 12.3 Å². The van der Waals surface area contributed by atoms with Crippen molar-refractivity contribution in [1.82, 2.24) is 0 Å². The van der Waals surface area contributed by atoms with Crippen molar-refractivity contribution in [3.05, 3.63) is 0 Å². The molecular weight excluding hydrogens is 124 g/mol. The van der Waals surface area contributed by atoms with Crippen LogP contribution in [0.15, 0.2) is 0 Å². The normalized spacial score (nSPS) is 13.9. The first-order valence-corrected chi connectivity index (χ1v) is 3.39. The summed E-state index contributed by atoms with van der Waals surface area (Å²) in [5, 5.41) is 0. The van der Waals surface area contributed by atoms with Gasteiger partial charge in [0.15, 0.2) is 0 Å². The van der Waals surface area contributed by atoms with Crippen LogP contribution in [0.5, 0.6) is 0 Å². The van der Waals surface area contributed by atoms with E-state index in [1.54, 1.807) is 7.11 Å². The van der Waals surface area contributed by atoms with Gasteiger partial charge in [0.2, 0.25) is 0 Å². The average Bonchev–Trinajstić information content (AvgIpc) is 1.68. The molecule has 0 radical (unpaired) electrons. The summed E-state index contributed by atoms with van der Waals surface area (Å²) < 4.78 is 4.90. The summed E-state index contributed by atoms with van der Waals surface area (Å²) in [6.45, 7) is 2.96. The summed E-state index contributed by atoms with van der Waals surface area (Å²) in [4.78, 5) is 0. The van der Waals surface area contributed by atoms with Gasteiger partial charge < -0.3 is 4.74 Å². The maximum atomic E-state index is 5.48. The summed E-state index contributed by atoms with van der Waals surface area (Å²) in [6.07, 6.45) is 1.05. The van der Waals surface area contributed by atoms with Gasteiger partial charge in [-0.25, -0.2) is 0 Å². The minimum absolute atomic E-state index is 0.609. The van der Waals surface area contributed by atoms with E-state index >= 15 is 0 Å². The lowest BCUT2D eigenvalue weighted by molar-refractivity contribution is 0.158. The van der Waals surface area contributed by atoms with Crippen LogP contribution in [-0.4, -0.2) is 19.6 Å². The molecule has 1 atom stereocenters. The van der Waals surface area contributed by atoms with E-state index in [4.69, 9.17) is 16.3 Å². The molecule has 0 amide bonds. The lowest BCUT2D eigenvalue weighted by Gasteiger charge is -2.05. The Labute approximate surface area is 56.0 Å². The largest absolute Gasteiger partial charge is 0.384 e. The van der Waals surface area contributed by atoms with E-state index in [0.717, 1.165) is 18.9 Å². The molecule has 2 heteroatoms. The molecule has 0 bridgehead atoms. The second kappa shape index (κ2) is 5.39. The highest BCUT2D eigenvalue weighted by atomic mass is 35.5. The number of rotatable bonds is 4. The average molecular weight is 137 g/mol. The van der Waals surface area contributed by atoms with Crippen molar-refractivity contribution in [2.24, 2.45) is 5.92 Å². The maximum Gasteiger partial charge on any atom is 0.0488 e. The zero-order valence-electron chi connectivity index (χ0n) is 5.48. The van der Waals surface area contributed by atoms with E-state index in [9.17, 15) is 0 Å². The van der Waals surface area contributed by atoms with Crippen LogP contribution in [0.3, 0.4) is 0 Å². The van der Waals surface area contributed by atoms with Crippen LogP contribution in [-0.2, 0) is 4.74 Å². The quantitative estimate of drug-likeness (QED) is 0.537. The highest BCUT2D eigenvalue weighted by molar-refractivity contribution is 6.17. The molecule has 0 fully saturated rings. The minimum Gasteiger partial charge on any atom is -0.384 e. The summed E-state index contributed by atoms with van der Waals surface area (Å²) >= 11 is 5.48. The first-order chi connectivity index (χ1) is 3.81. The Bertz CT molecular complexity index is 41.8. The third-order valence-corrected chi connectivity index (χ3v) is 1.27. The maximum absolute atomic E-state index is 5.48. The zero-order valence-corrected chi connectivity index (χ0v) is 6.24. The Morgan fingerprint density at radius 2 is 2.25 bits per heavy atom. The van der Waals surface area contributed by atoms with Crippen molar-refractivity contribution in [3.63, 3.8) is 0 Å². The molecule has 0 aromatic carbocycles. The molecule has 0 aliphatic carbocycles. The van der Waals surface area contributed by atoms with Gasteiger partial charge in [-0.2, -0.15) is 0 Å². The Hall–Kier alpha value is 0.250. The standard InChI is InChI=1S/C6H13ClO/c1-6(3-4-7)5-8-2/h6H,3-5H2,1-2H3. The smallest absolute Gasteiger partial charge is 0.0488 e. The van der Waals surface area contributed by atoms with Gasteiger partial charge in [0.05, 0.1) is 0 Å². The van der Waals surface area contributed by atoms with Crippen molar-refractivity contribution < 1.29 is 4.74 Å². The lowest BCUT2D eigenvalue weighted by Crippen LogP contribution is -2.03. The van der Waals surface area contributed by atoms with E-state index in [1.165, 1.54) is 0 Å². The third-order valence-electron chi connectivity index (χ3n) is 1.05. The first-order valence-electron chi connectivity index (χ1n) is 2.86. The molecule has 0 rings (SSSR count). The SMILES string of the molecule is COCC(C)CCCl. The molecule has 1 unspecified atom stereocenters. The van der Waals surface area contributed by atoms with E-state index < -0.39 is 0 Å². The van der Waals surface area contributed by atoms with Crippen molar-refractivity contribution >= 4 is 11.6 Å². The van der Waals surface area contributed by atoms with Gasteiger partial charge in [-0.3, -0.25) is 0 Å². The number of methoxy groups -OCH3 is 1. The second-order valence-electron chi connectivity index (χ2n) is 2.04. The Balaban J connectivity index is 2.92. The molecule has 0 spiro atoms. The van der Waals surface area contributed by atoms with Crippen LogP contribution in [0.4, 0.5) is 0 Å². The molecule has 0 saturated carbocycles. The fourth-order valence-electron chi connectivity index (χ4n) is 0.554. The Kier molecular flexibility index (Phi) is 5.56. The fraction of sp³-hybridized carbons (Fsp3) is 1.00. The minimum atomic E-state index is 0.609. The molecule has 0 saturated heterocycles. The van der Waals surface area contributed by atoms with E-state index in [0.29, 0.717) is 5.92 Å². The molecule has 0 aromatic heterocycles. The number of halogens is 1.